The van der Waals surface area contributed by atoms with Crippen LogP contribution in [0.15, 0.2) is 36.4 Å². The van der Waals surface area contributed by atoms with Gasteiger partial charge in [0.05, 0.1) is 24.2 Å². The van der Waals surface area contributed by atoms with Gasteiger partial charge in [0.15, 0.2) is 24.8 Å². The van der Waals surface area contributed by atoms with Crippen LogP contribution in [0.5, 0.6) is 11.5 Å². The van der Waals surface area contributed by atoms with Crippen molar-refractivity contribution in [1.29, 1.82) is 15.8 Å². The fourth-order valence-electron chi connectivity index (χ4n) is 8.79. The Labute approximate surface area is 448 Å². The number of fused-ring (bicyclic) bond motifs is 5. The second kappa shape index (κ2) is 33.6. The molecule has 4 N–H and O–H groups in total. The Hall–Kier alpha value is -7.33. The number of alkyl carbamates (subject to hydrolysis) is 1. The van der Waals surface area contributed by atoms with Gasteiger partial charge in [-0.1, -0.05) is 90.2 Å². The molecule has 0 unspecified atom stereocenters. The number of unbranched alkanes of at least 4 members (excludes halogenated alkanes) is 10. The van der Waals surface area contributed by atoms with Crippen molar-refractivity contribution in [2.45, 2.75) is 168 Å². The van der Waals surface area contributed by atoms with Crippen LogP contribution in [0.4, 0.5) is 4.79 Å². The molecule has 4 atom stereocenters. The molecule has 19 heteroatoms. The van der Waals surface area contributed by atoms with Crippen LogP contribution in [0.3, 0.4) is 0 Å². The molecule has 412 valence electrons. The largest absolute Gasteiger partial charge is 0.483 e. The summed E-state index contributed by atoms with van der Waals surface area (Å²) in [6, 6.07) is 12.4. The summed E-state index contributed by atoms with van der Waals surface area (Å²) >= 11 is 0. The summed E-state index contributed by atoms with van der Waals surface area (Å²) in [7, 11) is 1.42. The third-order valence-electron chi connectivity index (χ3n) is 12.8. The molecule has 5 amide bonds. The van der Waals surface area contributed by atoms with Crippen molar-refractivity contribution in [1.82, 2.24) is 26.2 Å². The molecular formula is C57H78N8O11. The van der Waals surface area contributed by atoms with Crippen molar-refractivity contribution < 1.29 is 52.6 Å². The predicted octanol–water partition coefficient (Wildman–Crippen LogP) is 7.59. The van der Waals surface area contributed by atoms with E-state index in [1.807, 2.05) is 18.2 Å². The van der Waals surface area contributed by atoms with Crippen LogP contribution in [0.2, 0.25) is 0 Å². The molecule has 0 saturated carbocycles. The Morgan fingerprint density at radius 1 is 0.750 bits per heavy atom. The number of ketones is 3. The SMILES string of the molecule is CCCCCCCCCCCCCC(=O)C[C@@H](CCNC(=O)OC(C)(C)C)C(=O)N(C)[C@@H]1C(=O)C[C@@H](C)C(=O)N[C@H](C(=O)CCC#N)Cc2ccc(OCC(=O)NCC#N)c(c2)-c2cc1ccc2OCC(=O)NCC#N. The Balaban J connectivity index is 2.17. The van der Waals surface area contributed by atoms with Crippen molar-refractivity contribution in [2.24, 2.45) is 11.8 Å². The van der Waals surface area contributed by atoms with E-state index in [1.54, 1.807) is 39.0 Å². The number of ether oxygens (including phenoxy) is 3. The van der Waals surface area contributed by atoms with Gasteiger partial charge in [-0.05, 0) is 75.4 Å². The Morgan fingerprint density at radius 3 is 1.88 bits per heavy atom. The van der Waals surface area contributed by atoms with Gasteiger partial charge in [-0.25, -0.2) is 4.79 Å². The van der Waals surface area contributed by atoms with Crippen LogP contribution in [0.25, 0.3) is 11.1 Å². The number of carbonyl (C=O) groups is 8. The standard InChI is InChI=1S/C57H78N8O11/c1-7-8-9-10-11-12-13-14-15-16-17-19-43(66)35-42(25-29-63-56(73)76-57(3,4)5)55(72)65(6)53-41-22-24-50(75-38-52(70)62-31-28-60)45(36-41)44-33-40(21-23-49(44)74-37-51(69)61-30-27-59)34-46(47(67)20-18-26-58)64-54(71)39(2)32-48(53)68/h21-24,33,36,39,42,46,53H,7-20,25,29-32,34-35,37-38H2,1-6H3,(H,61,69)(H,62,70)(H,63,73)(H,64,71)/t39-,42-,46+,53+/m1/s1. The average molecular weight is 1050 g/mol. The van der Waals surface area contributed by atoms with Crippen molar-refractivity contribution in [3.63, 3.8) is 0 Å². The molecule has 76 heavy (non-hydrogen) atoms. The van der Waals surface area contributed by atoms with E-state index in [2.05, 4.69) is 28.2 Å². The first kappa shape index (κ1) is 63.0. The summed E-state index contributed by atoms with van der Waals surface area (Å²) in [6.07, 6.45) is 10.7. The summed E-state index contributed by atoms with van der Waals surface area (Å²) in [5.41, 5.74) is 0.356. The van der Waals surface area contributed by atoms with Crippen molar-refractivity contribution in [3.05, 3.63) is 47.5 Å². The molecule has 1 heterocycles. The number of benzene rings is 2. The molecule has 0 spiro atoms. The molecule has 3 rings (SSSR count). The minimum absolute atomic E-state index is 0.00861. The number of rotatable bonds is 30. The zero-order valence-electron chi connectivity index (χ0n) is 45.3. The number of likely N-dealkylation sites (N-methyl/N-ethyl adjacent to an activating group) is 1. The number of Topliss-reactive ketones (excluding diaryl/α,β-unsaturated/α-hetero) is 3. The molecule has 0 radical (unpaired) electrons. The van der Waals surface area contributed by atoms with E-state index in [9.17, 15) is 38.8 Å². The number of carbonyl (C=O) groups excluding carboxylic acids is 8. The zero-order chi connectivity index (χ0) is 56.0. The van der Waals surface area contributed by atoms with E-state index in [4.69, 9.17) is 24.7 Å². The minimum atomic E-state index is -1.42. The Bertz CT molecular complexity index is 2430. The molecule has 19 nitrogen and oxygen atoms in total. The summed E-state index contributed by atoms with van der Waals surface area (Å²) < 4.78 is 17.5. The van der Waals surface area contributed by atoms with Crippen LogP contribution >= 0.6 is 0 Å². The summed E-state index contributed by atoms with van der Waals surface area (Å²) in [6.45, 7) is 7.12. The smallest absolute Gasteiger partial charge is 0.407 e. The third-order valence-corrected chi connectivity index (χ3v) is 12.8. The van der Waals surface area contributed by atoms with Crippen molar-refractivity contribution in [2.75, 3.05) is 39.9 Å². The van der Waals surface area contributed by atoms with E-state index >= 15 is 4.79 Å². The second-order valence-corrected chi connectivity index (χ2v) is 20.3. The molecule has 0 saturated heterocycles. The van der Waals surface area contributed by atoms with Gasteiger partial charge in [-0.2, -0.15) is 15.8 Å². The number of hydrogen-bond acceptors (Lipinski definition) is 14. The normalized spacial score (nSPS) is 15.7. The van der Waals surface area contributed by atoms with E-state index in [1.165, 1.54) is 75.6 Å². The topological polar surface area (TPSA) is 287 Å². The lowest BCUT2D eigenvalue weighted by Crippen LogP contribution is -2.46. The average Bonchev–Trinajstić information content (AvgIpc) is 3.37. The molecule has 0 aromatic heterocycles. The first-order valence-electron chi connectivity index (χ1n) is 26.6. The highest BCUT2D eigenvalue weighted by Gasteiger charge is 2.36. The minimum Gasteiger partial charge on any atom is -0.483 e. The summed E-state index contributed by atoms with van der Waals surface area (Å²) in [5, 5.41) is 37.7. The van der Waals surface area contributed by atoms with Crippen LogP contribution in [-0.2, 0) is 44.7 Å². The highest BCUT2D eigenvalue weighted by molar-refractivity contribution is 5.96. The van der Waals surface area contributed by atoms with Crippen molar-refractivity contribution >= 4 is 47.1 Å². The number of nitrogens with zero attached hydrogens (tertiary/aromatic N) is 4. The fourth-order valence-corrected chi connectivity index (χ4v) is 8.79. The number of amides is 5. The highest BCUT2D eigenvalue weighted by atomic mass is 16.6. The number of nitrogens with one attached hydrogen (secondary N) is 4. The lowest BCUT2D eigenvalue weighted by atomic mass is 9.88. The highest BCUT2D eigenvalue weighted by Crippen LogP contribution is 2.41. The Kier molecular flexibility index (Phi) is 27.8. The molecule has 2 aromatic carbocycles. The maximum atomic E-state index is 15.0. The van der Waals surface area contributed by atoms with Gasteiger partial charge in [-0.3, -0.25) is 33.6 Å². The van der Waals surface area contributed by atoms with Gasteiger partial charge in [0.25, 0.3) is 11.8 Å². The number of hydrogen-bond donors (Lipinski definition) is 4. The first-order valence-corrected chi connectivity index (χ1v) is 26.6. The molecule has 1 aliphatic rings. The predicted molar refractivity (Wildman–Crippen MR) is 283 cm³/mol. The second-order valence-electron chi connectivity index (χ2n) is 20.3. The molecule has 0 fully saturated rings. The van der Waals surface area contributed by atoms with Gasteiger partial charge in [0.1, 0.15) is 42.0 Å². The zero-order valence-corrected chi connectivity index (χ0v) is 45.3. The number of nitriles is 3. The quantitative estimate of drug-likeness (QED) is 0.0433. The lowest BCUT2D eigenvalue weighted by molar-refractivity contribution is -0.144. The van der Waals surface area contributed by atoms with Gasteiger partial charge in [0, 0.05) is 68.7 Å². The van der Waals surface area contributed by atoms with Crippen LogP contribution < -0.4 is 30.7 Å². The fraction of sp³-hybridized carbons (Fsp3) is 0.596. The van der Waals surface area contributed by atoms with Gasteiger partial charge in [0.2, 0.25) is 11.8 Å². The molecule has 0 aliphatic carbocycles. The maximum absolute atomic E-state index is 15.0. The summed E-state index contributed by atoms with van der Waals surface area (Å²) in [4.78, 5) is 111. The maximum Gasteiger partial charge on any atom is 0.407 e. The van der Waals surface area contributed by atoms with E-state index < -0.39 is 90.4 Å². The lowest BCUT2D eigenvalue weighted by Gasteiger charge is -2.32. The molecule has 4 bridgehead atoms. The van der Waals surface area contributed by atoms with Crippen LogP contribution in [-0.4, -0.2) is 104 Å². The van der Waals surface area contributed by atoms with E-state index in [0.717, 1.165) is 25.7 Å². The van der Waals surface area contributed by atoms with Gasteiger partial charge < -0.3 is 40.4 Å². The molecule has 1 aliphatic heterocycles. The van der Waals surface area contributed by atoms with Gasteiger partial charge in [-0.15, -0.1) is 0 Å². The van der Waals surface area contributed by atoms with E-state index in [0.29, 0.717) is 12.0 Å². The van der Waals surface area contributed by atoms with E-state index in [-0.39, 0.29) is 92.1 Å². The van der Waals surface area contributed by atoms with Crippen molar-refractivity contribution in [3.8, 4) is 40.8 Å². The third kappa shape index (κ3) is 22.6. The first-order chi connectivity index (χ1) is 36.3. The van der Waals surface area contributed by atoms with Crippen LogP contribution in [0, 0.1) is 45.8 Å². The van der Waals surface area contributed by atoms with Crippen LogP contribution in [0.1, 0.15) is 161 Å². The molecule has 2 aromatic rings. The monoisotopic (exact) mass is 1050 g/mol. The summed E-state index contributed by atoms with van der Waals surface area (Å²) in [5.74, 6) is -5.55. The van der Waals surface area contributed by atoms with Gasteiger partial charge >= 0.3 is 6.09 Å². The Morgan fingerprint density at radius 2 is 1.32 bits per heavy atom. The molecular weight excluding hydrogens is 973 g/mol.